The molecule has 0 atom stereocenters. The Kier molecular flexibility index (Phi) is 6.08. The highest BCUT2D eigenvalue weighted by Gasteiger charge is 2.13. The number of hydrogen-bond donors (Lipinski definition) is 1. The molecule has 0 saturated carbocycles. The highest BCUT2D eigenvalue weighted by atomic mass is 35.5. The van der Waals surface area contributed by atoms with Gasteiger partial charge >= 0.3 is 0 Å². The van der Waals surface area contributed by atoms with E-state index in [1.54, 1.807) is 0 Å². The highest BCUT2D eigenvalue weighted by Crippen LogP contribution is 2.31. The molecule has 29 heavy (non-hydrogen) atoms. The minimum Gasteiger partial charge on any atom is -0.385 e. The van der Waals surface area contributed by atoms with Gasteiger partial charge in [-0.1, -0.05) is 72.3 Å². The molecule has 0 spiro atoms. The van der Waals surface area contributed by atoms with E-state index >= 15 is 0 Å². The summed E-state index contributed by atoms with van der Waals surface area (Å²) in [6.45, 7) is 5.07. The van der Waals surface area contributed by atoms with Gasteiger partial charge in [-0.05, 0) is 83.0 Å². The second-order valence-electron chi connectivity index (χ2n) is 7.32. The number of aryl methyl sites for hydroxylation is 1. The van der Waals surface area contributed by atoms with Gasteiger partial charge in [0.1, 0.15) is 0 Å². The van der Waals surface area contributed by atoms with Gasteiger partial charge in [-0.3, -0.25) is 0 Å². The van der Waals surface area contributed by atoms with E-state index in [-0.39, 0.29) is 0 Å². The Hall–Kier alpha value is -2.48. The highest BCUT2D eigenvalue weighted by molar-refractivity contribution is 6.31. The van der Waals surface area contributed by atoms with Gasteiger partial charge in [-0.2, -0.15) is 0 Å². The molecule has 1 aliphatic rings. The standard InChI is InChI=1S/C26H23Cl2N/c1-18(21-7-3-8-22(15-21)23-9-4-10-24(27)16-23)29-14-13-20-6-2-5-19-11-12-25(28)17-26(19)20/h3-4,6-12,15-17,29H,1-2,5,13-14H2. The molecule has 0 heterocycles. The van der Waals surface area contributed by atoms with Gasteiger partial charge in [0.25, 0.3) is 0 Å². The molecular weight excluding hydrogens is 397 g/mol. The van der Waals surface area contributed by atoms with Crippen molar-refractivity contribution in [1.29, 1.82) is 0 Å². The number of rotatable bonds is 6. The summed E-state index contributed by atoms with van der Waals surface area (Å²) in [7, 11) is 0. The average Bonchev–Trinajstić information content (AvgIpc) is 2.74. The van der Waals surface area contributed by atoms with E-state index in [1.807, 2.05) is 24.3 Å². The Bertz CT molecular complexity index is 1080. The maximum absolute atomic E-state index is 6.22. The first-order valence-electron chi connectivity index (χ1n) is 9.87. The Balaban J connectivity index is 1.42. The van der Waals surface area contributed by atoms with E-state index in [9.17, 15) is 0 Å². The van der Waals surface area contributed by atoms with Crippen molar-refractivity contribution in [3.05, 3.63) is 106 Å². The lowest BCUT2D eigenvalue weighted by atomic mass is 9.89. The molecule has 3 aromatic rings. The fraction of sp³-hybridized carbons (Fsp3) is 0.154. The monoisotopic (exact) mass is 419 g/mol. The number of fused-ring (bicyclic) bond motifs is 1. The molecule has 0 fully saturated rings. The second kappa shape index (κ2) is 8.90. The summed E-state index contributed by atoms with van der Waals surface area (Å²) in [5.74, 6) is 0. The molecule has 0 saturated heterocycles. The van der Waals surface area contributed by atoms with Crippen molar-refractivity contribution in [3.8, 4) is 11.1 Å². The van der Waals surface area contributed by atoms with E-state index in [2.05, 4.69) is 60.4 Å². The first-order valence-corrected chi connectivity index (χ1v) is 10.6. The van der Waals surface area contributed by atoms with Crippen LogP contribution >= 0.6 is 23.2 Å². The topological polar surface area (TPSA) is 12.0 Å². The minimum atomic E-state index is 0.742. The quantitative estimate of drug-likeness (QED) is 0.432. The molecule has 0 aliphatic heterocycles. The predicted octanol–water partition coefficient (Wildman–Crippen LogP) is 7.64. The molecule has 146 valence electrons. The molecular formula is C26H23Cl2N. The van der Waals surface area contributed by atoms with Gasteiger partial charge in [0.15, 0.2) is 0 Å². The van der Waals surface area contributed by atoms with Crippen molar-refractivity contribution < 1.29 is 0 Å². The Morgan fingerprint density at radius 2 is 1.66 bits per heavy atom. The van der Waals surface area contributed by atoms with Gasteiger partial charge in [-0.25, -0.2) is 0 Å². The summed E-state index contributed by atoms with van der Waals surface area (Å²) < 4.78 is 0. The van der Waals surface area contributed by atoms with Crippen LogP contribution in [0.4, 0.5) is 0 Å². The van der Waals surface area contributed by atoms with Gasteiger partial charge in [0.05, 0.1) is 0 Å². The van der Waals surface area contributed by atoms with Crippen LogP contribution in [0.5, 0.6) is 0 Å². The van der Waals surface area contributed by atoms with Crippen LogP contribution in [0.15, 0.2) is 79.4 Å². The van der Waals surface area contributed by atoms with E-state index in [4.69, 9.17) is 23.2 Å². The third-order valence-corrected chi connectivity index (χ3v) is 5.79. The van der Waals surface area contributed by atoms with Crippen LogP contribution in [0.2, 0.25) is 10.0 Å². The van der Waals surface area contributed by atoms with E-state index < -0.39 is 0 Å². The molecule has 4 rings (SSSR count). The van der Waals surface area contributed by atoms with Gasteiger partial charge in [0.2, 0.25) is 0 Å². The molecule has 0 amide bonds. The molecule has 3 aromatic carbocycles. The zero-order valence-electron chi connectivity index (χ0n) is 16.2. The molecule has 1 aliphatic carbocycles. The van der Waals surface area contributed by atoms with Crippen LogP contribution in [0.25, 0.3) is 22.4 Å². The van der Waals surface area contributed by atoms with Crippen molar-refractivity contribution in [2.24, 2.45) is 0 Å². The largest absolute Gasteiger partial charge is 0.385 e. The first-order chi connectivity index (χ1) is 14.1. The SMILES string of the molecule is C=C(NCCC1=CCCc2ccc(Cl)cc21)c1cccc(-c2cccc(Cl)c2)c1. The summed E-state index contributed by atoms with van der Waals surface area (Å²) in [5, 5.41) is 5.03. The molecule has 0 unspecified atom stereocenters. The molecule has 1 N–H and O–H groups in total. The van der Waals surface area contributed by atoms with Gasteiger partial charge in [-0.15, -0.1) is 0 Å². The molecule has 3 heteroatoms. The zero-order chi connectivity index (χ0) is 20.2. The van der Waals surface area contributed by atoms with Gasteiger partial charge < -0.3 is 5.32 Å². The predicted molar refractivity (Wildman–Crippen MR) is 126 cm³/mol. The summed E-state index contributed by atoms with van der Waals surface area (Å²) in [4.78, 5) is 0. The number of halogens is 2. The van der Waals surface area contributed by atoms with Crippen LogP contribution in [-0.4, -0.2) is 6.54 Å². The molecule has 0 bridgehead atoms. The summed E-state index contributed by atoms with van der Waals surface area (Å²) in [6, 6.07) is 22.5. The number of allylic oxidation sites excluding steroid dienone is 1. The molecule has 0 aromatic heterocycles. The number of benzene rings is 3. The fourth-order valence-electron chi connectivity index (χ4n) is 3.82. The van der Waals surface area contributed by atoms with Crippen LogP contribution in [0.1, 0.15) is 29.5 Å². The zero-order valence-corrected chi connectivity index (χ0v) is 17.7. The summed E-state index contributed by atoms with van der Waals surface area (Å²) in [6.07, 6.45) is 5.46. The maximum atomic E-state index is 6.22. The van der Waals surface area contributed by atoms with Crippen molar-refractivity contribution in [2.75, 3.05) is 6.54 Å². The van der Waals surface area contributed by atoms with Crippen LogP contribution in [0.3, 0.4) is 0 Å². The van der Waals surface area contributed by atoms with Crippen molar-refractivity contribution in [2.45, 2.75) is 19.3 Å². The normalized spacial score (nSPS) is 12.8. The van der Waals surface area contributed by atoms with Crippen LogP contribution in [0, 0.1) is 0 Å². The lowest BCUT2D eigenvalue weighted by Gasteiger charge is -2.19. The first kappa shape index (κ1) is 19.8. The van der Waals surface area contributed by atoms with Crippen molar-refractivity contribution in [3.63, 3.8) is 0 Å². The van der Waals surface area contributed by atoms with Crippen LogP contribution in [-0.2, 0) is 6.42 Å². The lowest BCUT2D eigenvalue weighted by Crippen LogP contribution is -2.14. The Labute approximate surface area is 182 Å². The van der Waals surface area contributed by atoms with Crippen molar-refractivity contribution >= 4 is 34.5 Å². The number of nitrogens with one attached hydrogen (secondary N) is 1. The molecule has 0 radical (unpaired) electrons. The van der Waals surface area contributed by atoms with E-state index in [0.717, 1.165) is 58.2 Å². The second-order valence-corrected chi connectivity index (χ2v) is 8.19. The smallest absolute Gasteiger partial charge is 0.0412 e. The van der Waals surface area contributed by atoms with Crippen LogP contribution < -0.4 is 5.32 Å². The fourth-order valence-corrected chi connectivity index (χ4v) is 4.18. The lowest BCUT2D eigenvalue weighted by molar-refractivity contribution is 0.865. The number of hydrogen-bond acceptors (Lipinski definition) is 1. The average molecular weight is 420 g/mol. The van der Waals surface area contributed by atoms with E-state index in [1.165, 1.54) is 16.7 Å². The molecule has 1 nitrogen and oxygen atoms in total. The minimum absolute atomic E-state index is 0.742. The van der Waals surface area contributed by atoms with Crippen molar-refractivity contribution in [1.82, 2.24) is 5.32 Å². The maximum Gasteiger partial charge on any atom is 0.0412 e. The Morgan fingerprint density at radius 3 is 2.48 bits per heavy atom. The summed E-state index contributed by atoms with van der Waals surface area (Å²) in [5.41, 5.74) is 8.29. The van der Waals surface area contributed by atoms with E-state index in [0.29, 0.717) is 0 Å². The third-order valence-electron chi connectivity index (χ3n) is 5.32. The van der Waals surface area contributed by atoms with Gasteiger partial charge in [0, 0.05) is 22.3 Å². The summed E-state index contributed by atoms with van der Waals surface area (Å²) >= 11 is 12.4. The third kappa shape index (κ3) is 4.75. The Morgan fingerprint density at radius 1 is 0.897 bits per heavy atom.